The molecule has 0 saturated carbocycles. The van der Waals surface area contributed by atoms with Gasteiger partial charge in [0.15, 0.2) is 0 Å². The number of nitrogens with two attached hydrogens (primary N) is 1. The molecule has 1 aromatic rings. The lowest BCUT2D eigenvalue weighted by Crippen LogP contribution is -2.16. The molecule has 0 saturated heterocycles. The van der Waals surface area contributed by atoms with E-state index in [1.807, 2.05) is 0 Å². The number of fused-ring (bicyclic) bond motifs is 1. The lowest BCUT2D eigenvalue weighted by molar-refractivity contribution is 0.596. The number of hydrogen-bond donors (Lipinski definition) is 2. The zero-order valence-electron chi connectivity index (χ0n) is 11.5. The van der Waals surface area contributed by atoms with Gasteiger partial charge in [0, 0.05) is 17.2 Å². The topological polar surface area (TPSA) is 63.8 Å². The van der Waals surface area contributed by atoms with E-state index in [1.54, 1.807) is 0 Å². The van der Waals surface area contributed by atoms with Gasteiger partial charge in [-0.05, 0) is 38.5 Å². The summed E-state index contributed by atoms with van der Waals surface area (Å²) >= 11 is 0. The van der Waals surface area contributed by atoms with Crippen molar-refractivity contribution in [3.8, 4) is 0 Å². The van der Waals surface area contributed by atoms with Gasteiger partial charge in [0.2, 0.25) is 0 Å². The Morgan fingerprint density at radius 2 is 1.83 bits per heavy atom. The van der Waals surface area contributed by atoms with E-state index in [0.29, 0.717) is 5.92 Å². The SMILES string of the molecule is CCC(CC)c1nc2c(c(NN)n1)CCCCC2. The second-order valence-corrected chi connectivity index (χ2v) is 5.07. The Morgan fingerprint density at radius 1 is 1.11 bits per heavy atom. The van der Waals surface area contributed by atoms with E-state index in [4.69, 9.17) is 10.8 Å². The molecule has 0 aliphatic heterocycles. The Balaban J connectivity index is 2.42. The first kappa shape index (κ1) is 13.3. The third-order valence-corrected chi connectivity index (χ3v) is 3.94. The van der Waals surface area contributed by atoms with Crippen molar-refractivity contribution in [2.75, 3.05) is 5.43 Å². The first-order chi connectivity index (χ1) is 8.80. The van der Waals surface area contributed by atoms with Crippen LogP contribution in [0.1, 0.15) is 69.0 Å². The predicted octanol–water partition coefficient (Wildman–Crippen LogP) is 2.93. The first-order valence-corrected chi connectivity index (χ1v) is 7.16. The van der Waals surface area contributed by atoms with Gasteiger partial charge in [-0.25, -0.2) is 15.8 Å². The molecule has 1 aliphatic rings. The molecule has 2 rings (SSSR count). The van der Waals surface area contributed by atoms with Crippen molar-refractivity contribution in [1.82, 2.24) is 9.97 Å². The van der Waals surface area contributed by atoms with E-state index in [-0.39, 0.29) is 0 Å². The van der Waals surface area contributed by atoms with E-state index < -0.39 is 0 Å². The van der Waals surface area contributed by atoms with Gasteiger partial charge in [-0.1, -0.05) is 20.3 Å². The van der Waals surface area contributed by atoms with Crippen LogP contribution in [0.4, 0.5) is 5.82 Å². The third kappa shape index (κ3) is 2.64. The number of hydrogen-bond acceptors (Lipinski definition) is 4. The van der Waals surface area contributed by atoms with Crippen LogP contribution in [-0.2, 0) is 12.8 Å². The minimum atomic E-state index is 0.450. The highest BCUT2D eigenvalue weighted by atomic mass is 15.3. The number of hydrazine groups is 1. The predicted molar refractivity (Wildman–Crippen MR) is 74.4 cm³/mol. The molecule has 4 nitrogen and oxygen atoms in total. The molecule has 0 amide bonds. The van der Waals surface area contributed by atoms with Crippen molar-refractivity contribution >= 4 is 5.82 Å². The molecular formula is C14H24N4. The molecule has 1 aromatic heterocycles. The van der Waals surface area contributed by atoms with Crippen LogP contribution < -0.4 is 11.3 Å². The molecule has 1 heterocycles. The third-order valence-electron chi connectivity index (χ3n) is 3.94. The van der Waals surface area contributed by atoms with Gasteiger partial charge in [-0.2, -0.15) is 0 Å². The number of anilines is 1. The molecule has 0 bridgehead atoms. The fourth-order valence-corrected chi connectivity index (χ4v) is 2.75. The molecular weight excluding hydrogens is 224 g/mol. The molecule has 0 fully saturated rings. The minimum Gasteiger partial charge on any atom is -0.308 e. The van der Waals surface area contributed by atoms with E-state index in [9.17, 15) is 0 Å². The summed E-state index contributed by atoms with van der Waals surface area (Å²) in [7, 11) is 0. The second kappa shape index (κ2) is 6.14. The molecule has 0 atom stereocenters. The van der Waals surface area contributed by atoms with Crippen molar-refractivity contribution < 1.29 is 0 Å². The lowest BCUT2D eigenvalue weighted by Gasteiger charge is -2.16. The highest BCUT2D eigenvalue weighted by molar-refractivity contribution is 5.46. The van der Waals surface area contributed by atoms with Gasteiger partial charge in [0.25, 0.3) is 0 Å². The summed E-state index contributed by atoms with van der Waals surface area (Å²) in [5.74, 6) is 7.90. The standard InChI is InChI=1S/C14H24N4/c1-3-10(4-2)13-16-12-9-7-5-6-8-11(12)14(17-13)18-15/h10H,3-9,15H2,1-2H3,(H,16,17,18). The fourth-order valence-electron chi connectivity index (χ4n) is 2.75. The summed E-state index contributed by atoms with van der Waals surface area (Å²) in [6.07, 6.45) is 8.02. The Bertz CT molecular complexity index is 399. The zero-order chi connectivity index (χ0) is 13.0. The highest BCUT2D eigenvalue weighted by Crippen LogP contribution is 2.28. The van der Waals surface area contributed by atoms with Crippen LogP contribution in [0.2, 0.25) is 0 Å². The zero-order valence-corrected chi connectivity index (χ0v) is 11.5. The van der Waals surface area contributed by atoms with Crippen molar-refractivity contribution in [2.24, 2.45) is 5.84 Å². The summed E-state index contributed by atoms with van der Waals surface area (Å²) in [4.78, 5) is 9.46. The Morgan fingerprint density at radius 3 is 2.50 bits per heavy atom. The van der Waals surface area contributed by atoms with Gasteiger partial charge in [0.1, 0.15) is 11.6 Å². The maximum absolute atomic E-state index is 5.64. The minimum absolute atomic E-state index is 0.450. The summed E-state index contributed by atoms with van der Waals surface area (Å²) in [5.41, 5.74) is 5.24. The summed E-state index contributed by atoms with van der Waals surface area (Å²) in [6.45, 7) is 4.39. The largest absolute Gasteiger partial charge is 0.308 e. The van der Waals surface area contributed by atoms with Crippen LogP contribution in [0.3, 0.4) is 0 Å². The van der Waals surface area contributed by atoms with E-state index >= 15 is 0 Å². The second-order valence-electron chi connectivity index (χ2n) is 5.07. The number of aryl methyl sites for hydroxylation is 1. The van der Waals surface area contributed by atoms with Gasteiger partial charge in [-0.15, -0.1) is 0 Å². The van der Waals surface area contributed by atoms with Crippen LogP contribution in [0.5, 0.6) is 0 Å². The molecule has 0 unspecified atom stereocenters. The van der Waals surface area contributed by atoms with Crippen LogP contribution >= 0.6 is 0 Å². The maximum Gasteiger partial charge on any atom is 0.147 e. The molecule has 18 heavy (non-hydrogen) atoms. The molecule has 3 N–H and O–H groups in total. The van der Waals surface area contributed by atoms with Crippen molar-refractivity contribution in [2.45, 2.75) is 64.7 Å². The van der Waals surface area contributed by atoms with Crippen LogP contribution in [0.15, 0.2) is 0 Å². The maximum atomic E-state index is 5.64. The number of aromatic nitrogens is 2. The van der Waals surface area contributed by atoms with Crippen LogP contribution in [0, 0.1) is 0 Å². The quantitative estimate of drug-likeness (QED) is 0.488. The van der Waals surface area contributed by atoms with E-state index in [2.05, 4.69) is 24.3 Å². The van der Waals surface area contributed by atoms with Crippen LogP contribution in [0.25, 0.3) is 0 Å². The highest BCUT2D eigenvalue weighted by Gasteiger charge is 2.19. The number of nitrogen functional groups attached to an aromatic ring is 1. The van der Waals surface area contributed by atoms with Crippen molar-refractivity contribution in [1.29, 1.82) is 0 Å². The summed E-state index contributed by atoms with van der Waals surface area (Å²) in [6, 6.07) is 0. The average Bonchev–Trinajstić information content (AvgIpc) is 2.64. The molecule has 4 heteroatoms. The lowest BCUT2D eigenvalue weighted by atomic mass is 10.0. The molecule has 0 spiro atoms. The van der Waals surface area contributed by atoms with E-state index in [1.165, 1.54) is 30.5 Å². The van der Waals surface area contributed by atoms with Crippen molar-refractivity contribution in [3.63, 3.8) is 0 Å². The molecule has 1 aliphatic carbocycles. The molecule has 0 aromatic carbocycles. The van der Waals surface area contributed by atoms with Gasteiger partial charge >= 0.3 is 0 Å². The number of nitrogens with one attached hydrogen (secondary N) is 1. The van der Waals surface area contributed by atoms with Crippen LogP contribution in [-0.4, -0.2) is 9.97 Å². The van der Waals surface area contributed by atoms with Gasteiger partial charge in [0.05, 0.1) is 0 Å². The summed E-state index contributed by atoms with van der Waals surface area (Å²) in [5, 5.41) is 0. The van der Waals surface area contributed by atoms with E-state index in [0.717, 1.165) is 37.3 Å². The smallest absolute Gasteiger partial charge is 0.147 e. The molecule has 0 radical (unpaired) electrons. The normalized spacial score (nSPS) is 15.3. The number of nitrogens with zero attached hydrogens (tertiary/aromatic N) is 2. The monoisotopic (exact) mass is 248 g/mol. The average molecular weight is 248 g/mol. The fraction of sp³-hybridized carbons (Fsp3) is 0.714. The Kier molecular flexibility index (Phi) is 4.53. The first-order valence-electron chi connectivity index (χ1n) is 7.16. The Hall–Kier alpha value is -1.16. The van der Waals surface area contributed by atoms with Gasteiger partial charge in [-0.3, -0.25) is 0 Å². The molecule has 100 valence electrons. The number of rotatable bonds is 4. The van der Waals surface area contributed by atoms with Crippen molar-refractivity contribution in [3.05, 3.63) is 17.1 Å². The summed E-state index contributed by atoms with van der Waals surface area (Å²) < 4.78 is 0. The van der Waals surface area contributed by atoms with Gasteiger partial charge < -0.3 is 5.43 Å². The Labute approximate surface area is 109 Å².